The van der Waals surface area contributed by atoms with Crippen molar-refractivity contribution in [1.29, 1.82) is 5.26 Å². The van der Waals surface area contributed by atoms with Gasteiger partial charge in [-0.05, 0) is 29.8 Å². The summed E-state index contributed by atoms with van der Waals surface area (Å²) < 4.78 is 0. The molecule has 0 N–H and O–H groups in total. The lowest BCUT2D eigenvalue weighted by Gasteiger charge is -2.05. The summed E-state index contributed by atoms with van der Waals surface area (Å²) in [6, 6.07) is 14.7. The van der Waals surface area contributed by atoms with Gasteiger partial charge < -0.3 is 0 Å². The molecule has 3 heteroatoms. The van der Waals surface area contributed by atoms with Crippen molar-refractivity contribution < 1.29 is 0 Å². The Kier molecular flexibility index (Phi) is 3.14. The number of hydrogen-bond donors (Lipinski definition) is 0. The molecule has 2 aromatic carbocycles. The van der Waals surface area contributed by atoms with E-state index in [0.717, 1.165) is 11.1 Å². The smallest absolute Gasteiger partial charge is 0.0992 e. The summed E-state index contributed by atoms with van der Waals surface area (Å²) in [7, 11) is 0. The van der Waals surface area contributed by atoms with Crippen molar-refractivity contribution in [2.45, 2.75) is 0 Å². The third-order valence-corrected chi connectivity index (χ3v) is 2.78. The Balaban J connectivity index is 2.53. The van der Waals surface area contributed by atoms with Gasteiger partial charge in [0.25, 0.3) is 0 Å². The van der Waals surface area contributed by atoms with Crippen LogP contribution in [0.4, 0.5) is 0 Å². The Morgan fingerprint density at radius 1 is 1.00 bits per heavy atom. The molecule has 0 fully saturated rings. The van der Waals surface area contributed by atoms with Crippen LogP contribution in [0.2, 0.25) is 10.0 Å². The maximum atomic E-state index is 8.74. The fourth-order valence-electron chi connectivity index (χ4n) is 1.47. The summed E-state index contributed by atoms with van der Waals surface area (Å²) in [5, 5.41) is 9.96. The topological polar surface area (TPSA) is 23.8 Å². The Labute approximate surface area is 104 Å². The molecule has 2 aromatic rings. The highest BCUT2D eigenvalue weighted by Gasteiger charge is 2.04. The second-order valence-electron chi connectivity index (χ2n) is 3.32. The van der Waals surface area contributed by atoms with Gasteiger partial charge >= 0.3 is 0 Å². The summed E-state index contributed by atoms with van der Waals surface area (Å²) in [5.41, 5.74) is 2.38. The Morgan fingerprint density at radius 2 is 1.81 bits per heavy atom. The largest absolute Gasteiger partial charge is 0.192 e. The summed E-state index contributed by atoms with van der Waals surface area (Å²) in [5.74, 6) is 0. The van der Waals surface area contributed by atoms with E-state index in [1.807, 2.05) is 36.4 Å². The van der Waals surface area contributed by atoms with Gasteiger partial charge in [-0.2, -0.15) is 5.26 Å². The van der Waals surface area contributed by atoms with Gasteiger partial charge in [-0.3, -0.25) is 0 Å². The van der Waals surface area contributed by atoms with Gasteiger partial charge in [-0.15, -0.1) is 0 Å². The molecular weight excluding hydrogens is 241 g/mol. The Hall–Kier alpha value is -1.49. The highest BCUT2D eigenvalue weighted by Crippen LogP contribution is 2.30. The Morgan fingerprint density at radius 3 is 2.44 bits per heavy atom. The van der Waals surface area contributed by atoms with Gasteiger partial charge in [0.05, 0.1) is 11.6 Å². The van der Waals surface area contributed by atoms with E-state index < -0.39 is 0 Å². The van der Waals surface area contributed by atoms with Gasteiger partial charge in [0.15, 0.2) is 0 Å². The third kappa shape index (κ3) is 2.19. The Bertz CT molecular complexity index is 570. The number of nitriles is 1. The number of nitrogens with zero attached hydrogens (tertiary/aromatic N) is 1. The minimum atomic E-state index is 0.552. The molecule has 0 atom stereocenters. The zero-order valence-corrected chi connectivity index (χ0v) is 9.76. The first-order valence-electron chi connectivity index (χ1n) is 4.66. The van der Waals surface area contributed by atoms with Crippen LogP contribution in [0, 0.1) is 11.3 Å². The van der Waals surface area contributed by atoms with Crippen LogP contribution in [-0.4, -0.2) is 0 Å². The van der Waals surface area contributed by atoms with Crippen LogP contribution in [0.5, 0.6) is 0 Å². The number of rotatable bonds is 1. The molecule has 1 nitrogen and oxygen atoms in total. The minimum Gasteiger partial charge on any atom is -0.192 e. The average molecular weight is 248 g/mol. The van der Waals surface area contributed by atoms with E-state index in [9.17, 15) is 0 Å². The second-order valence-corrected chi connectivity index (χ2v) is 4.16. The van der Waals surface area contributed by atoms with Crippen molar-refractivity contribution in [2.24, 2.45) is 0 Å². The molecule has 0 saturated heterocycles. The van der Waals surface area contributed by atoms with Crippen molar-refractivity contribution in [3.05, 3.63) is 58.1 Å². The molecule has 0 aliphatic heterocycles. The average Bonchev–Trinajstić information content (AvgIpc) is 2.28. The van der Waals surface area contributed by atoms with Gasteiger partial charge in [-0.1, -0.05) is 41.4 Å². The van der Waals surface area contributed by atoms with Crippen LogP contribution in [0.25, 0.3) is 11.1 Å². The second kappa shape index (κ2) is 4.57. The van der Waals surface area contributed by atoms with Crippen molar-refractivity contribution in [2.75, 3.05) is 0 Å². The molecule has 0 bridgehead atoms. The first-order valence-corrected chi connectivity index (χ1v) is 5.42. The van der Waals surface area contributed by atoms with Crippen LogP contribution in [0.3, 0.4) is 0 Å². The zero-order chi connectivity index (χ0) is 11.5. The predicted octanol–water partition coefficient (Wildman–Crippen LogP) is 4.53. The molecular formula is C13H7Cl2N. The molecule has 0 saturated carbocycles. The van der Waals surface area contributed by atoms with E-state index >= 15 is 0 Å². The van der Waals surface area contributed by atoms with Crippen molar-refractivity contribution in [3.8, 4) is 17.2 Å². The van der Waals surface area contributed by atoms with Gasteiger partial charge in [-0.25, -0.2) is 0 Å². The summed E-state index contributed by atoms with van der Waals surface area (Å²) >= 11 is 12.0. The number of hydrogen-bond acceptors (Lipinski definition) is 1. The first-order chi connectivity index (χ1) is 7.70. The molecule has 78 valence electrons. The standard InChI is InChI=1S/C13H7Cl2N/c14-11-3-1-2-10(7-11)12-5-4-9(8-16)6-13(12)15/h1-7H. The number of halogens is 2. The maximum Gasteiger partial charge on any atom is 0.0992 e. The molecule has 16 heavy (non-hydrogen) atoms. The highest BCUT2D eigenvalue weighted by atomic mass is 35.5. The van der Waals surface area contributed by atoms with Crippen molar-refractivity contribution >= 4 is 23.2 Å². The zero-order valence-electron chi connectivity index (χ0n) is 8.24. The molecule has 0 aliphatic rings. The van der Waals surface area contributed by atoms with E-state index in [1.165, 1.54) is 0 Å². The lowest BCUT2D eigenvalue weighted by Crippen LogP contribution is -1.81. The lowest BCUT2D eigenvalue weighted by molar-refractivity contribution is 1.48. The first kappa shape index (κ1) is 11.0. The predicted molar refractivity (Wildman–Crippen MR) is 66.6 cm³/mol. The lowest BCUT2D eigenvalue weighted by atomic mass is 10.0. The van der Waals surface area contributed by atoms with E-state index in [2.05, 4.69) is 0 Å². The monoisotopic (exact) mass is 247 g/mol. The van der Waals surface area contributed by atoms with Crippen molar-refractivity contribution in [3.63, 3.8) is 0 Å². The molecule has 0 radical (unpaired) electrons. The maximum absolute atomic E-state index is 8.74. The molecule has 2 rings (SSSR count). The van der Waals surface area contributed by atoms with Crippen LogP contribution < -0.4 is 0 Å². The van der Waals surface area contributed by atoms with E-state index in [4.69, 9.17) is 28.5 Å². The summed E-state index contributed by atoms with van der Waals surface area (Å²) in [6.45, 7) is 0. The molecule has 0 amide bonds. The van der Waals surface area contributed by atoms with Crippen LogP contribution in [-0.2, 0) is 0 Å². The summed E-state index contributed by atoms with van der Waals surface area (Å²) in [6.07, 6.45) is 0. The fraction of sp³-hybridized carbons (Fsp3) is 0. The fourth-order valence-corrected chi connectivity index (χ4v) is 1.95. The van der Waals surface area contributed by atoms with Gasteiger partial charge in [0.2, 0.25) is 0 Å². The molecule has 0 spiro atoms. The van der Waals surface area contributed by atoms with E-state index in [1.54, 1.807) is 12.1 Å². The highest BCUT2D eigenvalue weighted by molar-refractivity contribution is 6.34. The van der Waals surface area contributed by atoms with Gasteiger partial charge in [0, 0.05) is 15.6 Å². The van der Waals surface area contributed by atoms with Crippen LogP contribution >= 0.6 is 23.2 Å². The number of benzene rings is 2. The molecule has 0 unspecified atom stereocenters. The molecule has 0 heterocycles. The van der Waals surface area contributed by atoms with Gasteiger partial charge in [0.1, 0.15) is 0 Å². The summed E-state index contributed by atoms with van der Waals surface area (Å²) in [4.78, 5) is 0. The van der Waals surface area contributed by atoms with E-state index in [0.29, 0.717) is 15.6 Å². The van der Waals surface area contributed by atoms with Crippen LogP contribution in [0.1, 0.15) is 5.56 Å². The molecule has 0 aromatic heterocycles. The van der Waals surface area contributed by atoms with Crippen LogP contribution in [0.15, 0.2) is 42.5 Å². The quantitative estimate of drug-likeness (QED) is 0.727. The molecule has 0 aliphatic carbocycles. The SMILES string of the molecule is N#Cc1ccc(-c2cccc(Cl)c2)c(Cl)c1. The normalized spacial score (nSPS) is 9.81. The van der Waals surface area contributed by atoms with E-state index in [-0.39, 0.29) is 0 Å². The van der Waals surface area contributed by atoms with Crippen molar-refractivity contribution in [1.82, 2.24) is 0 Å². The minimum absolute atomic E-state index is 0.552. The third-order valence-electron chi connectivity index (χ3n) is 2.23.